The van der Waals surface area contributed by atoms with Gasteiger partial charge in [0.25, 0.3) is 5.91 Å². The van der Waals surface area contributed by atoms with Crippen LogP contribution in [0.2, 0.25) is 0 Å². The molecule has 1 rings (SSSR count). The number of hydrogen-bond donors (Lipinski definition) is 1. The fourth-order valence-corrected chi connectivity index (χ4v) is 2.00. The monoisotopic (exact) mass is 238 g/mol. The van der Waals surface area contributed by atoms with E-state index in [0.717, 1.165) is 13.3 Å². The third-order valence-corrected chi connectivity index (χ3v) is 3.08. The van der Waals surface area contributed by atoms with Crippen molar-refractivity contribution in [2.45, 2.75) is 44.9 Å². The molecule has 94 valence electrons. The summed E-state index contributed by atoms with van der Waals surface area (Å²) < 4.78 is 37.8. The van der Waals surface area contributed by atoms with Crippen molar-refractivity contribution in [3.63, 3.8) is 0 Å². The number of carbonyl (C=O) groups is 1. The number of alkyl halides is 3. The van der Waals surface area contributed by atoms with Gasteiger partial charge in [0.1, 0.15) is 0 Å². The maximum atomic E-state index is 12.6. The zero-order valence-electron chi connectivity index (χ0n) is 9.64. The van der Waals surface area contributed by atoms with Crippen LogP contribution in [0.25, 0.3) is 0 Å². The van der Waals surface area contributed by atoms with Crippen molar-refractivity contribution in [2.24, 2.45) is 11.7 Å². The van der Waals surface area contributed by atoms with Crippen LogP contribution < -0.4 is 5.73 Å². The Hall–Kier alpha value is -0.780. The summed E-state index contributed by atoms with van der Waals surface area (Å²) in [5, 5.41) is 0. The molecule has 0 saturated carbocycles. The highest BCUT2D eigenvalue weighted by Crippen LogP contribution is 2.32. The van der Waals surface area contributed by atoms with Gasteiger partial charge in [-0.25, -0.2) is 0 Å². The number of amides is 1. The number of carbonyl (C=O) groups excluding carboxylic acids is 1. The zero-order valence-corrected chi connectivity index (χ0v) is 9.64. The minimum Gasteiger partial charge on any atom is -0.338 e. The van der Waals surface area contributed by atoms with Crippen molar-refractivity contribution < 1.29 is 18.0 Å². The van der Waals surface area contributed by atoms with Gasteiger partial charge in [-0.1, -0.05) is 6.92 Å². The molecule has 1 aliphatic rings. The molecular formula is C10H17F3N2O. The van der Waals surface area contributed by atoms with E-state index in [4.69, 9.17) is 5.73 Å². The van der Waals surface area contributed by atoms with Crippen LogP contribution in [0.5, 0.6) is 0 Å². The average molecular weight is 238 g/mol. The molecule has 1 aliphatic heterocycles. The molecule has 1 amide bonds. The van der Waals surface area contributed by atoms with Crippen LogP contribution in [0.3, 0.4) is 0 Å². The fraction of sp³-hybridized carbons (Fsp3) is 0.900. The first kappa shape index (κ1) is 13.3. The molecule has 0 radical (unpaired) electrons. The fourth-order valence-electron chi connectivity index (χ4n) is 2.00. The van der Waals surface area contributed by atoms with Gasteiger partial charge in [0.15, 0.2) is 5.54 Å². The molecule has 0 aromatic rings. The molecule has 0 bridgehead atoms. The maximum absolute atomic E-state index is 12.6. The molecular weight excluding hydrogens is 221 g/mol. The van der Waals surface area contributed by atoms with E-state index in [9.17, 15) is 18.0 Å². The molecule has 3 unspecified atom stereocenters. The van der Waals surface area contributed by atoms with E-state index in [2.05, 4.69) is 0 Å². The van der Waals surface area contributed by atoms with Crippen LogP contribution in [0.1, 0.15) is 27.2 Å². The summed E-state index contributed by atoms with van der Waals surface area (Å²) in [5.74, 6) is -0.806. The minimum atomic E-state index is -4.71. The van der Waals surface area contributed by atoms with Gasteiger partial charge in [0.2, 0.25) is 0 Å². The Balaban J connectivity index is 2.86. The quantitative estimate of drug-likeness (QED) is 0.753. The first-order chi connectivity index (χ1) is 7.07. The van der Waals surface area contributed by atoms with E-state index in [-0.39, 0.29) is 12.0 Å². The van der Waals surface area contributed by atoms with Gasteiger partial charge in [0, 0.05) is 12.6 Å². The Bertz CT molecular complexity index is 288. The Labute approximate surface area is 92.8 Å². The van der Waals surface area contributed by atoms with Crippen molar-refractivity contribution >= 4 is 5.91 Å². The Morgan fingerprint density at radius 2 is 1.88 bits per heavy atom. The second-order valence-electron chi connectivity index (χ2n) is 4.85. The Morgan fingerprint density at radius 1 is 1.38 bits per heavy atom. The maximum Gasteiger partial charge on any atom is 0.415 e. The molecule has 0 spiro atoms. The van der Waals surface area contributed by atoms with E-state index in [1.54, 1.807) is 6.92 Å². The number of halogens is 3. The van der Waals surface area contributed by atoms with Crippen LogP contribution in [0, 0.1) is 5.92 Å². The number of likely N-dealkylation sites (tertiary alicyclic amines) is 1. The van der Waals surface area contributed by atoms with Crippen LogP contribution in [0.15, 0.2) is 0 Å². The minimum absolute atomic E-state index is 0.173. The van der Waals surface area contributed by atoms with Gasteiger partial charge < -0.3 is 10.6 Å². The highest BCUT2D eigenvalue weighted by molar-refractivity contribution is 5.87. The molecule has 3 nitrogen and oxygen atoms in total. The predicted octanol–water partition coefficient (Wildman–Crippen LogP) is 1.52. The molecule has 2 N–H and O–H groups in total. The van der Waals surface area contributed by atoms with E-state index in [1.165, 1.54) is 4.90 Å². The second-order valence-corrected chi connectivity index (χ2v) is 4.85. The van der Waals surface area contributed by atoms with Crippen molar-refractivity contribution in [3.05, 3.63) is 0 Å². The lowest BCUT2D eigenvalue weighted by molar-refractivity contribution is -0.194. The summed E-state index contributed by atoms with van der Waals surface area (Å²) in [6.45, 7) is 4.73. The smallest absolute Gasteiger partial charge is 0.338 e. The number of rotatable bonds is 1. The first-order valence-corrected chi connectivity index (χ1v) is 5.24. The van der Waals surface area contributed by atoms with Crippen LogP contribution in [-0.4, -0.2) is 35.1 Å². The zero-order chi connectivity index (χ0) is 12.7. The molecule has 1 heterocycles. The predicted molar refractivity (Wildman–Crippen MR) is 53.6 cm³/mol. The summed E-state index contributed by atoms with van der Waals surface area (Å²) in [5.41, 5.74) is 2.32. The van der Waals surface area contributed by atoms with Crippen molar-refractivity contribution in [3.8, 4) is 0 Å². The largest absolute Gasteiger partial charge is 0.415 e. The molecule has 1 fully saturated rings. The first-order valence-electron chi connectivity index (χ1n) is 5.24. The summed E-state index contributed by atoms with van der Waals surface area (Å²) in [7, 11) is 0. The van der Waals surface area contributed by atoms with E-state index in [1.807, 2.05) is 6.92 Å². The van der Waals surface area contributed by atoms with Gasteiger partial charge in [-0.05, 0) is 26.2 Å². The lowest BCUT2D eigenvalue weighted by atomic mass is 10.0. The molecule has 1 saturated heterocycles. The Morgan fingerprint density at radius 3 is 2.19 bits per heavy atom. The average Bonchev–Trinajstić information content (AvgIpc) is 2.41. The number of nitrogens with zero attached hydrogens (tertiary/aromatic N) is 1. The lowest BCUT2D eigenvalue weighted by Gasteiger charge is -2.33. The molecule has 6 heteroatoms. The number of hydrogen-bond acceptors (Lipinski definition) is 2. The van der Waals surface area contributed by atoms with Crippen LogP contribution in [-0.2, 0) is 4.79 Å². The lowest BCUT2D eigenvalue weighted by Crippen LogP contribution is -2.62. The van der Waals surface area contributed by atoms with Crippen molar-refractivity contribution in [1.82, 2.24) is 4.90 Å². The second kappa shape index (κ2) is 3.91. The van der Waals surface area contributed by atoms with Gasteiger partial charge in [-0.15, -0.1) is 0 Å². The molecule has 0 aliphatic carbocycles. The Kier molecular flexibility index (Phi) is 3.24. The number of nitrogens with two attached hydrogens (primary N) is 1. The van der Waals surface area contributed by atoms with Crippen LogP contribution >= 0.6 is 0 Å². The van der Waals surface area contributed by atoms with Crippen LogP contribution in [0.4, 0.5) is 13.2 Å². The normalized spacial score (nSPS) is 30.3. The third kappa shape index (κ3) is 2.16. The molecule has 16 heavy (non-hydrogen) atoms. The van der Waals surface area contributed by atoms with Gasteiger partial charge in [-0.3, -0.25) is 4.79 Å². The van der Waals surface area contributed by atoms with Gasteiger partial charge >= 0.3 is 6.18 Å². The van der Waals surface area contributed by atoms with Gasteiger partial charge in [0.05, 0.1) is 0 Å². The van der Waals surface area contributed by atoms with Gasteiger partial charge in [-0.2, -0.15) is 13.2 Å². The highest BCUT2D eigenvalue weighted by Gasteiger charge is 2.56. The van der Waals surface area contributed by atoms with E-state index in [0.29, 0.717) is 6.54 Å². The van der Waals surface area contributed by atoms with Crippen molar-refractivity contribution in [2.75, 3.05) is 6.54 Å². The molecule has 0 aromatic heterocycles. The van der Waals surface area contributed by atoms with E-state index < -0.39 is 17.6 Å². The summed E-state index contributed by atoms with van der Waals surface area (Å²) in [6.07, 6.45) is -3.99. The summed E-state index contributed by atoms with van der Waals surface area (Å²) >= 11 is 0. The third-order valence-electron chi connectivity index (χ3n) is 3.08. The standard InChI is InChI=1S/C10H17F3N2O/c1-6-4-7(2)15(5-6)8(16)9(3,14)10(11,12)13/h6-7H,4-5,14H2,1-3H3. The molecule has 0 aromatic carbocycles. The highest BCUT2D eigenvalue weighted by atomic mass is 19.4. The van der Waals surface area contributed by atoms with Crippen molar-refractivity contribution in [1.29, 1.82) is 0 Å². The topological polar surface area (TPSA) is 46.3 Å². The SMILES string of the molecule is CC1CC(C)N(C(=O)C(C)(N)C(F)(F)F)C1. The molecule has 3 atom stereocenters. The van der Waals surface area contributed by atoms with E-state index >= 15 is 0 Å². The summed E-state index contributed by atoms with van der Waals surface area (Å²) in [6, 6.07) is -0.173. The summed E-state index contributed by atoms with van der Waals surface area (Å²) in [4.78, 5) is 13.0.